The van der Waals surface area contributed by atoms with E-state index >= 15 is 0 Å². The van der Waals surface area contributed by atoms with Gasteiger partial charge in [-0.1, -0.05) is 36.9 Å². The van der Waals surface area contributed by atoms with Crippen molar-refractivity contribution in [3.05, 3.63) is 78.4 Å². The van der Waals surface area contributed by atoms with Gasteiger partial charge in [0.1, 0.15) is 12.4 Å². The minimum Gasteiger partial charge on any atom is -0.493 e. The Balaban J connectivity index is 1.28. The average Bonchev–Trinajstić information content (AvgIpc) is 2.98. The summed E-state index contributed by atoms with van der Waals surface area (Å²) < 4.78 is 16.8. The fourth-order valence-corrected chi connectivity index (χ4v) is 8.23. The maximum Gasteiger partial charge on any atom is 0.338 e. The Hall–Kier alpha value is -3.60. The average molecular weight is 567 g/mol. The van der Waals surface area contributed by atoms with E-state index in [-0.39, 0.29) is 24.0 Å². The standard InChI is InChI=1S/C37H42O5/c1-3-14-42-36(39)29-10-8-28(9-11-29)30-12-13-31-21-34(41-15-6-5-7-35(38)40-4-2)33(20-32(31)19-30)37-22-25-16-26(23-37)18-27(17-25)24-37/h3,8-13,19-21,25-27H,1,4-7,14-18,22-24H2,2H3. The molecule has 0 aromatic heterocycles. The molecule has 0 N–H and O–H groups in total. The lowest BCUT2D eigenvalue weighted by Gasteiger charge is -2.57. The summed E-state index contributed by atoms with van der Waals surface area (Å²) in [6.07, 6.45) is 11.6. The molecule has 4 aliphatic carbocycles. The third-order valence-electron chi connectivity index (χ3n) is 9.67. The third-order valence-corrected chi connectivity index (χ3v) is 9.67. The molecular formula is C37H42O5. The highest BCUT2D eigenvalue weighted by Gasteiger charge is 2.52. The minimum atomic E-state index is -0.339. The minimum absolute atomic E-state index is 0.129. The number of ether oxygens (including phenoxy) is 3. The van der Waals surface area contributed by atoms with E-state index in [4.69, 9.17) is 14.2 Å². The van der Waals surface area contributed by atoms with Crippen LogP contribution in [-0.4, -0.2) is 31.8 Å². The first-order valence-corrected chi connectivity index (χ1v) is 15.7. The summed E-state index contributed by atoms with van der Waals surface area (Å²) in [6.45, 7) is 6.68. The van der Waals surface area contributed by atoms with Crippen LogP contribution < -0.4 is 4.74 Å². The number of unbranched alkanes of at least 4 members (excludes halogenated alkanes) is 1. The van der Waals surface area contributed by atoms with Gasteiger partial charge in [0.15, 0.2) is 0 Å². The van der Waals surface area contributed by atoms with Crippen molar-refractivity contribution in [1.82, 2.24) is 0 Å². The van der Waals surface area contributed by atoms with Gasteiger partial charge >= 0.3 is 11.9 Å². The monoisotopic (exact) mass is 566 g/mol. The maximum absolute atomic E-state index is 12.2. The topological polar surface area (TPSA) is 61.8 Å². The predicted octanol–water partition coefficient (Wildman–Crippen LogP) is 8.43. The lowest BCUT2D eigenvalue weighted by Crippen LogP contribution is -2.48. The molecule has 3 aromatic carbocycles. The van der Waals surface area contributed by atoms with Gasteiger partial charge < -0.3 is 14.2 Å². The lowest BCUT2D eigenvalue weighted by atomic mass is 9.48. The Bertz CT molecular complexity index is 1420. The SMILES string of the molecule is C=CCOC(=O)c1ccc(-c2ccc3cc(OCCCCC(=O)OCC)c(C45CC6CC(CC(C6)C4)C5)cc3c2)cc1. The Kier molecular flexibility index (Phi) is 8.37. The van der Waals surface area contributed by atoms with Crippen LogP contribution in [0.5, 0.6) is 5.75 Å². The van der Waals surface area contributed by atoms with Crippen LogP contribution >= 0.6 is 0 Å². The molecule has 0 unspecified atom stereocenters. The zero-order chi connectivity index (χ0) is 29.1. The highest BCUT2D eigenvalue weighted by molar-refractivity contribution is 5.92. The molecule has 0 spiro atoms. The molecule has 42 heavy (non-hydrogen) atoms. The number of hydrogen-bond donors (Lipinski definition) is 0. The number of fused-ring (bicyclic) bond motifs is 1. The number of esters is 2. The molecule has 0 aliphatic heterocycles. The second-order valence-electron chi connectivity index (χ2n) is 12.7. The molecule has 0 heterocycles. The molecule has 7 rings (SSSR count). The van der Waals surface area contributed by atoms with Crippen molar-refractivity contribution < 1.29 is 23.8 Å². The first kappa shape index (κ1) is 28.5. The second-order valence-corrected chi connectivity index (χ2v) is 12.7. The fraction of sp³-hybridized carbons (Fsp3) is 0.459. The van der Waals surface area contributed by atoms with Crippen molar-refractivity contribution >= 4 is 22.7 Å². The molecule has 0 atom stereocenters. The lowest BCUT2D eigenvalue weighted by molar-refractivity contribution is -0.143. The van der Waals surface area contributed by atoms with Crippen molar-refractivity contribution in [2.45, 2.75) is 70.1 Å². The van der Waals surface area contributed by atoms with Gasteiger partial charge in [-0.2, -0.15) is 0 Å². The summed E-state index contributed by atoms with van der Waals surface area (Å²) in [5.74, 6) is 3.08. The molecule has 5 nitrogen and oxygen atoms in total. The van der Waals surface area contributed by atoms with Gasteiger partial charge in [-0.25, -0.2) is 4.79 Å². The molecule has 0 saturated heterocycles. The summed E-state index contributed by atoms with van der Waals surface area (Å²) in [4.78, 5) is 24.0. The highest BCUT2D eigenvalue weighted by Crippen LogP contribution is 2.62. The number of rotatable bonds is 12. The third kappa shape index (κ3) is 5.97. The van der Waals surface area contributed by atoms with E-state index in [1.54, 1.807) is 6.08 Å². The molecule has 4 aliphatic rings. The zero-order valence-electron chi connectivity index (χ0n) is 24.7. The van der Waals surface area contributed by atoms with Crippen LogP contribution in [0.4, 0.5) is 0 Å². The maximum atomic E-state index is 12.2. The van der Waals surface area contributed by atoms with Gasteiger partial charge in [0.2, 0.25) is 0 Å². The molecule has 5 heteroatoms. The van der Waals surface area contributed by atoms with Crippen molar-refractivity contribution in [3.8, 4) is 16.9 Å². The van der Waals surface area contributed by atoms with Crippen molar-refractivity contribution in [3.63, 3.8) is 0 Å². The highest BCUT2D eigenvalue weighted by atomic mass is 16.5. The van der Waals surface area contributed by atoms with E-state index in [0.717, 1.165) is 47.5 Å². The molecule has 4 fully saturated rings. The van der Waals surface area contributed by atoms with Crippen LogP contribution in [0.25, 0.3) is 21.9 Å². The fourth-order valence-electron chi connectivity index (χ4n) is 8.23. The zero-order valence-corrected chi connectivity index (χ0v) is 24.7. The largest absolute Gasteiger partial charge is 0.493 e. The van der Waals surface area contributed by atoms with Crippen LogP contribution in [0, 0.1) is 17.8 Å². The summed E-state index contributed by atoms with van der Waals surface area (Å²) in [5.41, 5.74) is 4.31. The van der Waals surface area contributed by atoms with Crippen molar-refractivity contribution in [1.29, 1.82) is 0 Å². The van der Waals surface area contributed by atoms with Gasteiger partial charge in [0, 0.05) is 12.0 Å². The Morgan fingerprint density at radius 1 is 0.857 bits per heavy atom. The molecule has 0 radical (unpaired) electrons. The van der Waals surface area contributed by atoms with E-state index < -0.39 is 0 Å². The van der Waals surface area contributed by atoms with Crippen LogP contribution in [0.1, 0.15) is 80.6 Å². The molecule has 0 amide bonds. The Morgan fingerprint density at radius 2 is 1.55 bits per heavy atom. The predicted molar refractivity (Wildman–Crippen MR) is 166 cm³/mol. The van der Waals surface area contributed by atoms with Crippen molar-refractivity contribution in [2.24, 2.45) is 17.8 Å². The summed E-state index contributed by atoms with van der Waals surface area (Å²) in [6, 6.07) is 18.9. The van der Waals surface area contributed by atoms with Crippen LogP contribution in [0.2, 0.25) is 0 Å². The van der Waals surface area contributed by atoms with E-state index in [1.165, 1.54) is 54.9 Å². The van der Waals surface area contributed by atoms with Crippen molar-refractivity contribution in [2.75, 3.05) is 19.8 Å². The Morgan fingerprint density at radius 3 is 2.21 bits per heavy atom. The van der Waals surface area contributed by atoms with Crippen LogP contribution in [0.3, 0.4) is 0 Å². The van der Waals surface area contributed by atoms with Gasteiger partial charge in [-0.15, -0.1) is 0 Å². The van der Waals surface area contributed by atoms with Gasteiger partial charge in [-0.05, 0) is 134 Å². The second kappa shape index (κ2) is 12.3. The van der Waals surface area contributed by atoms with E-state index in [1.807, 2.05) is 31.2 Å². The molecule has 220 valence electrons. The van der Waals surface area contributed by atoms with Gasteiger partial charge in [0.25, 0.3) is 0 Å². The van der Waals surface area contributed by atoms with E-state index in [9.17, 15) is 9.59 Å². The molecule has 4 bridgehead atoms. The smallest absolute Gasteiger partial charge is 0.338 e. The Labute approximate surface area is 249 Å². The summed E-state index contributed by atoms with van der Waals surface area (Å²) >= 11 is 0. The van der Waals surface area contributed by atoms with Crippen LogP contribution in [0.15, 0.2) is 67.3 Å². The number of carbonyl (C=O) groups is 2. The first-order chi connectivity index (χ1) is 20.5. The normalized spacial score (nSPS) is 24.0. The molecular weight excluding hydrogens is 524 g/mol. The first-order valence-electron chi connectivity index (χ1n) is 15.7. The van der Waals surface area contributed by atoms with Crippen LogP contribution in [-0.2, 0) is 19.7 Å². The molecule has 3 aromatic rings. The molecule has 4 saturated carbocycles. The van der Waals surface area contributed by atoms with E-state index in [0.29, 0.717) is 25.2 Å². The quantitative estimate of drug-likeness (QED) is 0.125. The summed E-state index contributed by atoms with van der Waals surface area (Å²) in [5, 5.41) is 2.39. The number of hydrogen-bond acceptors (Lipinski definition) is 5. The van der Waals surface area contributed by atoms with Gasteiger partial charge in [-0.3, -0.25) is 4.79 Å². The van der Waals surface area contributed by atoms with Gasteiger partial charge in [0.05, 0.1) is 18.8 Å². The number of carbonyl (C=O) groups excluding carboxylic acids is 2. The van der Waals surface area contributed by atoms with E-state index in [2.05, 4.69) is 36.9 Å². The summed E-state index contributed by atoms with van der Waals surface area (Å²) in [7, 11) is 0. The number of benzene rings is 3.